The van der Waals surface area contributed by atoms with E-state index in [1.807, 2.05) is 11.5 Å². The van der Waals surface area contributed by atoms with Crippen LogP contribution in [0, 0.1) is 5.82 Å². The summed E-state index contributed by atoms with van der Waals surface area (Å²) in [6.07, 6.45) is 3.28. The normalized spacial score (nSPS) is 12.1. The van der Waals surface area contributed by atoms with E-state index in [-0.39, 0.29) is 17.6 Å². The molecule has 3 aromatic heterocycles. The van der Waals surface area contributed by atoms with Crippen LogP contribution in [0.5, 0.6) is 5.75 Å². The maximum Gasteiger partial charge on any atom is 0.240 e. The molecule has 4 aromatic rings. The van der Waals surface area contributed by atoms with Crippen LogP contribution in [-0.4, -0.2) is 24.9 Å². The third-order valence-corrected chi connectivity index (χ3v) is 5.18. The zero-order valence-corrected chi connectivity index (χ0v) is 16.9. The number of halogens is 1. The van der Waals surface area contributed by atoms with Gasteiger partial charge in [0.1, 0.15) is 6.61 Å². The molecule has 0 radical (unpaired) electrons. The molecule has 0 saturated heterocycles. The predicted octanol–water partition coefficient (Wildman–Crippen LogP) is 4.68. The summed E-state index contributed by atoms with van der Waals surface area (Å²) < 4.78 is 31.9. The lowest BCUT2D eigenvalue weighted by molar-refractivity contribution is 0.275. The van der Waals surface area contributed by atoms with E-state index in [1.54, 1.807) is 42.7 Å². The van der Waals surface area contributed by atoms with E-state index in [0.717, 1.165) is 0 Å². The smallest absolute Gasteiger partial charge is 0.240 e. The standard InChI is InChI=1S/C20H18FN5O3S/c1-3-10-26-17(12-28-15-8-5-4-7-14(15)21)23-24-20(26)30-13(2)19-22-18(25-29-19)16-9-6-11-27-16/h3-9,11,13H,1,10,12H2,2H3. The second kappa shape index (κ2) is 8.95. The third kappa shape index (κ3) is 4.28. The van der Waals surface area contributed by atoms with Gasteiger partial charge >= 0.3 is 0 Å². The Morgan fingerprint density at radius 3 is 2.90 bits per heavy atom. The number of furan rings is 1. The van der Waals surface area contributed by atoms with Gasteiger partial charge in [-0.05, 0) is 31.2 Å². The van der Waals surface area contributed by atoms with Gasteiger partial charge in [-0.25, -0.2) is 4.39 Å². The molecule has 8 nitrogen and oxygen atoms in total. The van der Waals surface area contributed by atoms with Crippen molar-refractivity contribution in [3.8, 4) is 17.3 Å². The van der Waals surface area contributed by atoms with Crippen molar-refractivity contribution in [2.45, 2.75) is 30.5 Å². The number of hydrogen-bond donors (Lipinski definition) is 0. The van der Waals surface area contributed by atoms with Gasteiger partial charge < -0.3 is 13.7 Å². The minimum Gasteiger partial charge on any atom is -0.483 e. The van der Waals surface area contributed by atoms with Crippen molar-refractivity contribution in [2.24, 2.45) is 0 Å². The molecule has 154 valence electrons. The number of ether oxygens (including phenoxy) is 1. The van der Waals surface area contributed by atoms with Gasteiger partial charge in [0.15, 0.2) is 28.3 Å². The largest absolute Gasteiger partial charge is 0.483 e. The van der Waals surface area contributed by atoms with Crippen LogP contribution in [0.25, 0.3) is 11.6 Å². The molecule has 10 heteroatoms. The van der Waals surface area contributed by atoms with E-state index in [0.29, 0.717) is 35.0 Å². The van der Waals surface area contributed by atoms with Crippen molar-refractivity contribution < 1.29 is 18.1 Å². The molecule has 0 amide bonds. The average molecular weight is 427 g/mol. The highest BCUT2D eigenvalue weighted by Crippen LogP contribution is 2.34. The molecule has 3 heterocycles. The van der Waals surface area contributed by atoms with Crippen LogP contribution in [-0.2, 0) is 13.2 Å². The molecule has 30 heavy (non-hydrogen) atoms. The first-order valence-corrected chi connectivity index (χ1v) is 9.98. The highest BCUT2D eigenvalue weighted by Gasteiger charge is 2.22. The summed E-state index contributed by atoms with van der Waals surface area (Å²) in [5.74, 6) is 1.63. The molecule has 0 aliphatic heterocycles. The van der Waals surface area contributed by atoms with Crippen molar-refractivity contribution in [1.29, 1.82) is 0 Å². The molecule has 0 bridgehead atoms. The molecule has 4 rings (SSSR count). The van der Waals surface area contributed by atoms with Gasteiger partial charge in [0.2, 0.25) is 11.7 Å². The average Bonchev–Trinajstić information content (AvgIpc) is 3.49. The van der Waals surface area contributed by atoms with Gasteiger partial charge in [0.25, 0.3) is 0 Å². The molecule has 0 spiro atoms. The van der Waals surface area contributed by atoms with E-state index in [4.69, 9.17) is 13.7 Å². The molecule has 0 fully saturated rings. The van der Waals surface area contributed by atoms with Gasteiger partial charge in [-0.2, -0.15) is 4.98 Å². The second-order valence-corrected chi connectivity index (χ2v) is 7.52. The maximum absolute atomic E-state index is 13.8. The van der Waals surface area contributed by atoms with Gasteiger partial charge in [-0.15, -0.1) is 16.8 Å². The van der Waals surface area contributed by atoms with Gasteiger partial charge in [-0.3, -0.25) is 4.57 Å². The first-order valence-electron chi connectivity index (χ1n) is 9.10. The van der Waals surface area contributed by atoms with Crippen LogP contribution in [0.15, 0.2) is 69.4 Å². The number of rotatable bonds is 9. The zero-order chi connectivity index (χ0) is 20.9. The minimum atomic E-state index is -0.431. The van der Waals surface area contributed by atoms with Gasteiger partial charge in [0.05, 0.1) is 11.5 Å². The van der Waals surface area contributed by atoms with Crippen molar-refractivity contribution in [1.82, 2.24) is 24.9 Å². The Morgan fingerprint density at radius 1 is 1.27 bits per heavy atom. The van der Waals surface area contributed by atoms with Crippen LogP contribution in [0.1, 0.15) is 23.9 Å². The summed E-state index contributed by atoms with van der Waals surface area (Å²) in [6.45, 7) is 6.25. The molecule has 0 aliphatic carbocycles. The Morgan fingerprint density at radius 2 is 2.13 bits per heavy atom. The Balaban J connectivity index is 1.48. The van der Waals surface area contributed by atoms with Gasteiger partial charge in [-0.1, -0.05) is 35.1 Å². The number of aromatic nitrogens is 5. The number of thioether (sulfide) groups is 1. The fourth-order valence-electron chi connectivity index (χ4n) is 2.64. The Hall–Kier alpha value is -3.40. The molecule has 0 aliphatic rings. The molecule has 1 atom stereocenters. The quantitative estimate of drug-likeness (QED) is 0.281. The Labute approximate surface area is 175 Å². The van der Waals surface area contributed by atoms with Crippen LogP contribution in [0.3, 0.4) is 0 Å². The number of para-hydroxylation sites is 1. The first-order chi connectivity index (χ1) is 14.7. The number of hydrogen-bond acceptors (Lipinski definition) is 8. The SMILES string of the molecule is C=CCn1c(COc2ccccc2F)nnc1SC(C)c1nc(-c2ccco2)no1. The van der Waals surface area contributed by atoms with Crippen molar-refractivity contribution in [2.75, 3.05) is 0 Å². The summed E-state index contributed by atoms with van der Waals surface area (Å²) in [7, 11) is 0. The fraction of sp³-hybridized carbons (Fsp3) is 0.200. The molecule has 0 N–H and O–H groups in total. The summed E-state index contributed by atoms with van der Waals surface area (Å²) in [6, 6.07) is 9.73. The van der Waals surface area contributed by atoms with E-state index in [1.165, 1.54) is 17.8 Å². The minimum absolute atomic E-state index is 0.0694. The van der Waals surface area contributed by atoms with Crippen molar-refractivity contribution >= 4 is 11.8 Å². The van der Waals surface area contributed by atoms with E-state index >= 15 is 0 Å². The van der Waals surface area contributed by atoms with Crippen molar-refractivity contribution in [3.63, 3.8) is 0 Å². The monoisotopic (exact) mass is 427 g/mol. The van der Waals surface area contributed by atoms with E-state index in [9.17, 15) is 4.39 Å². The fourth-order valence-corrected chi connectivity index (χ4v) is 3.55. The molecule has 1 aromatic carbocycles. The number of allylic oxidation sites excluding steroid dienone is 1. The predicted molar refractivity (Wildman–Crippen MR) is 107 cm³/mol. The second-order valence-electron chi connectivity index (χ2n) is 6.21. The lowest BCUT2D eigenvalue weighted by atomic mass is 10.3. The molecule has 1 unspecified atom stereocenters. The van der Waals surface area contributed by atoms with E-state index < -0.39 is 5.82 Å². The first kappa shape index (κ1) is 19.9. The number of nitrogens with zero attached hydrogens (tertiary/aromatic N) is 5. The molecular weight excluding hydrogens is 409 g/mol. The highest BCUT2D eigenvalue weighted by atomic mass is 32.2. The Kier molecular flexibility index (Phi) is 5.94. The van der Waals surface area contributed by atoms with Crippen LogP contribution in [0.4, 0.5) is 4.39 Å². The number of benzene rings is 1. The summed E-state index contributed by atoms with van der Waals surface area (Å²) in [5, 5.41) is 12.8. The summed E-state index contributed by atoms with van der Waals surface area (Å²) in [5.41, 5.74) is 0. The lowest BCUT2D eigenvalue weighted by Gasteiger charge is -2.10. The van der Waals surface area contributed by atoms with Crippen LogP contribution >= 0.6 is 11.8 Å². The third-order valence-electron chi connectivity index (χ3n) is 4.11. The van der Waals surface area contributed by atoms with Crippen LogP contribution in [0.2, 0.25) is 0 Å². The topological polar surface area (TPSA) is 92.0 Å². The highest BCUT2D eigenvalue weighted by molar-refractivity contribution is 7.99. The molecule has 0 saturated carbocycles. The Bertz CT molecular complexity index is 1130. The maximum atomic E-state index is 13.8. The lowest BCUT2D eigenvalue weighted by Crippen LogP contribution is -2.08. The van der Waals surface area contributed by atoms with Crippen LogP contribution < -0.4 is 4.74 Å². The van der Waals surface area contributed by atoms with E-state index in [2.05, 4.69) is 26.9 Å². The zero-order valence-electron chi connectivity index (χ0n) is 16.1. The summed E-state index contributed by atoms with van der Waals surface area (Å²) in [4.78, 5) is 4.38. The van der Waals surface area contributed by atoms with Gasteiger partial charge in [0, 0.05) is 6.54 Å². The van der Waals surface area contributed by atoms with Crippen molar-refractivity contribution in [3.05, 3.63) is 72.8 Å². The molecular formula is C20H18FN5O3S. The summed E-state index contributed by atoms with van der Waals surface area (Å²) >= 11 is 1.40.